The number of furan rings is 1. The van der Waals surface area contributed by atoms with E-state index in [0.717, 1.165) is 25.3 Å². The van der Waals surface area contributed by atoms with Gasteiger partial charge in [0.2, 0.25) is 0 Å². The zero-order valence-electron chi connectivity index (χ0n) is 9.66. The third-order valence-corrected chi connectivity index (χ3v) is 2.42. The van der Waals surface area contributed by atoms with E-state index in [1.807, 2.05) is 12.1 Å². The van der Waals surface area contributed by atoms with Gasteiger partial charge < -0.3 is 14.5 Å². The highest BCUT2D eigenvalue weighted by atomic mass is 16.5. The van der Waals surface area contributed by atoms with Crippen LogP contribution in [0.5, 0.6) is 0 Å². The van der Waals surface area contributed by atoms with Crippen molar-refractivity contribution in [2.75, 3.05) is 13.7 Å². The summed E-state index contributed by atoms with van der Waals surface area (Å²) < 4.78 is 10.4. The predicted octanol–water partition coefficient (Wildman–Crippen LogP) is 2.57. The Kier molecular flexibility index (Phi) is 6.12. The summed E-state index contributed by atoms with van der Waals surface area (Å²) in [6.07, 6.45) is 5.32. The van der Waals surface area contributed by atoms with Crippen LogP contribution in [0.4, 0.5) is 0 Å². The maximum Gasteiger partial charge on any atom is 0.117 e. The average molecular weight is 211 g/mol. The molecule has 0 aromatic carbocycles. The van der Waals surface area contributed by atoms with E-state index >= 15 is 0 Å². The zero-order chi connectivity index (χ0) is 10.9. The molecular formula is C12H21NO2. The van der Waals surface area contributed by atoms with Crippen molar-refractivity contribution in [1.82, 2.24) is 5.32 Å². The topological polar surface area (TPSA) is 34.4 Å². The maximum atomic E-state index is 5.26. The highest BCUT2D eigenvalue weighted by molar-refractivity contribution is 4.97. The first-order valence-electron chi connectivity index (χ1n) is 5.61. The Balaban J connectivity index is 2.24. The van der Waals surface area contributed by atoms with Crippen LogP contribution in [-0.4, -0.2) is 19.8 Å². The summed E-state index contributed by atoms with van der Waals surface area (Å²) >= 11 is 0. The summed E-state index contributed by atoms with van der Waals surface area (Å²) in [5.74, 6) is 0.979. The van der Waals surface area contributed by atoms with Crippen LogP contribution >= 0.6 is 0 Å². The molecule has 3 heteroatoms. The van der Waals surface area contributed by atoms with Gasteiger partial charge in [-0.2, -0.15) is 0 Å². The van der Waals surface area contributed by atoms with E-state index in [9.17, 15) is 0 Å². The molecule has 0 radical (unpaired) electrons. The Morgan fingerprint density at radius 1 is 1.53 bits per heavy atom. The van der Waals surface area contributed by atoms with E-state index in [0.29, 0.717) is 6.04 Å². The van der Waals surface area contributed by atoms with E-state index in [1.165, 1.54) is 12.8 Å². The fourth-order valence-corrected chi connectivity index (χ4v) is 1.55. The summed E-state index contributed by atoms with van der Waals surface area (Å²) in [6.45, 7) is 3.75. The molecule has 0 spiro atoms. The molecule has 15 heavy (non-hydrogen) atoms. The number of methoxy groups -OCH3 is 1. The van der Waals surface area contributed by atoms with Gasteiger partial charge in [0.05, 0.1) is 19.4 Å². The van der Waals surface area contributed by atoms with Crippen molar-refractivity contribution >= 4 is 0 Å². The van der Waals surface area contributed by atoms with Gasteiger partial charge in [0.25, 0.3) is 0 Å². The third-order valence-electron chi connectivity index (χ3n) is 2.42. The molecule has 0 aliphatic carbocycles. The van der Waals surface area contributed by atoms with Gasteiger partial charge in [-0.15, -0.1) is 0 Å². The first kappa shape index (κ1) is 12.3. The van der Waals surface area contributed by atoms with Crippen LogP contribution in [0.2, 0.25) is 0 Å². The molecule has 0 fully saturated rings. The number of nitrogens with one attached hydrogen (secondary N) is 1. The summed E-state index contributed by atoms with van der Waals surface area (Å²) in [4.78, 5) is 0. The van der Waals surface area contributed by atoms with Crippen molar-refractivity contribution in [1.29, 1.82) is 0 Å². The molecule has 0 saturated carbocycles. The minimum absolute atomic E-state index is 0.431. The van der Waals surface area contributed by atoms with Crippen molar-refractivity contribution in [3.05, 3.63) is 24.2 Å². The Hall–Kier alpha value is -0.800. The van der Waals surface area contributed by atoms with Crippen LogP contribution in [-0.2, 0) is 11.3 Å². The maximum absolute atomic E-state index is 5.26. The Labute approximate surface area is 91.8 Å². The first-order valence-corrected chi connectivity index (χ1v) is 5.61. The van der Waals surface area contributed by atoms with Crippen molar-refractivity contribution in [2.45, 2.75) is 38.8 Å². The minimum atomic E-state index is 0.431. The van der Waals surface area contributed by atoms with Gasteiger partial charge in [-0.3, -0.25) is 0 Å². The molecule has 3 nitrogen and oxygen atoms in total. The quantitative estimate of drug-likeness (QED) is 0.717. The van der Waals surface area contributed by atoms with E-state index in [1.54, 1.807) is 13.4 Å². The highest BCUT2D eigenvalue weighted by Gasteiger charge is 2.07. The van der Waals surface area contributed by atoms with Crippen molar-refractivity contribution < 1.29 is 9.15 Å². The SMILES string of the molecule is CCCCC(COC)NCc1ccco1. The Morgan fingerprint density at radius 2 is 2.40 bits per heavy atom. The van der Waals surface area contributed by atoms with Gasteiger partial charge >= 0.3 is 0 Å². The molecule has 1 aromatic rings. The molecule has 86 valence electrons. The van der Waals surface area contributed by atoms with Gasteiger partial charge in [-0.05, 0) is 18.6 Å². The molecule has 1 N–H and O–H groups in total. The normalized spacial score (nSPS) is 12.9. The Morgan fingerprint density at radius 3 is 3.00 bits per heavy atom. The lowest BCUT2D eigenvalue weighted by atomic mass is 10.1. The van der Waals surface area contributed by atoms with Gasteiger partial charge in [-0.1, -0.05) is 19.8 Å². The van der Waals surface area contributed by atoms with Gasteiger partial charge in [0.1, 0.15) is 5.76 Å². The molecule has 1 unspecified atom stereocenters. The monoisotopic (exact) mass is 211 g/mol. The molecule has 1 heterocycles. The van der Waals surface area contributed by atoms with Crippen LogP contribution in [0.3, 0.4) is 0 Å². The first-order chi connectivity index (χ1) is 7.36. The second kappa shape index (κ2) is 7.49. The van der Waals surface area contributed by atoms with Crippen LogP contribution in [0, 0.1) is 0 Å². The molecule has 0 saturated heterocycles. The lowest BCUT2D eigenvalue weighted by Gasteiger charge is -2.16. The molecule has 1 aromatic heterocycles. The van der Waals surface area contributed by atoms with Crippen LogP contribution in [0.15, 0.2) is 22.8 Å². The summed E-state index contributed by atoms with van der Waals surface area (Å²) in [6, 6.07) is 4.32. The van der Waals surface area contributed by atoms with E-state index < -0.39 is 0 Å². The standard InChI is InChI=1S/C12H21NO2/c1-3-4-6-11(10-14-2)13-9-12-7-5-8-15-12/h5,7-8,11,13H,3-4,6,9-10H2,1-2H3. The van der Waals surface area contributed by atoms with Crippen molar-refractivity contribution in [3.63, 3.8) is 0 Å². The van der Waals surface area contributed by atoms with Crippen LogP contribution in [0.25, 0.3) is 0 Å². The van der Waals surface area contributed by atoms with Crippen molar-refractivity contribution in [2.24, 2.45) is 0 Å². The number of unbranched alkanes of at least 4 members (excludes halogenated alkanes) is 1. The molecule has 0 amide bonds. The third kappa shape index (κ3) is 5.00. The van der Waals surface area contributed by atoms with Crippen LogP contribution in [0.1, 0.15) is 31.9 Å². The van der Waals surface area contributed by atoms with Gasteiger partial charge in [-0.25, -0.2) is 0 Å². The lowest BCUT2D eigenvalue weighted by molar-refractivity contribution is 0.159. The van der Waals surface area contributed by atoms with Gasteiger partial charge in [0, 0.05) is 13.2 Å². The minimum Gasteiger partial charge on any atom is -0.468 e. The number of hydrogen-bond donors (Lipinski definition) is 1. The highest BCUT2D eigenvalue weighted by Crippen LogP contribution is 2.04. The second-order valence-electron chi connectivity index (χ2n) is 3.75. The number of rotatable bonds is 8. The fraction of sp³-hybridized carbons (Fsp3) is 0.667. The molecule has 1 rings (SSSR count). The van der Waals surface area contributed by atoms with E-state index in [4.69, 9.17) is 9.15 Å². The largest absolute Gasteiger partial charge is 0.468 e. The molecule has 0 aliphatic heterocycles. The summed E-state index contributed by atoms with van der Waals surface area (Å²) in [5.41, 5.74) is 0. The smallest absolute Gasteiger partial charge is 0.117 e. The number of hydrogen-bond acceptors (Lipinski definition) is 3. The van der Waals surface area contributed by atoms with E-state index in [-0.39, 0.29) is 0 Å². The zero-order valence-corrected chi connectivity index (χ0v) is 9.66. The molecule has 0 bridgehead atoms. The molecule has 1 atom stereocenters. The van der Waals surface area contributed by atoms with E-state index in [2.05, 4.69) is 12.2 Å². The summed E-state index contributed by atoms with van der Waals surface area (Å²) in [5, 5.41) is 3.44. The van der Waals surface area contributed by atoms with Crippen LogP contribution < -0.4 is 5.32 Å². The fourth-order valence-electron chi connectivity index (χ4n) is 1.55. The van der Waals surface area contributed by atoms with Crippen molar-refractivity contribution in [3.8, 4) is 0 Å². The summed E-state index contributed by atoms with van der Waals surface area (Å²) in [7, 11) is 1.74. The average Bonchev–Trinajstić information content (AvgIpc) is 2.75. The second-order valence-corrected chi connectivity index (χ2v) is 3.75. The molecule has 0 aliphatic rings. The number of ether oxygens (including phenoxy) is 1. The van der Waals surface area contributed by atoms with Gasteiger partial charge in [0.15, 0.2) is 0 Å². The molecular weight excluding hydrogens is 190 g/mol. The Bertz CT molecular complexity index is 234. The lowest BCUT2D eigenvalue weighted by Crippen LogP contribution is -2.32. The predicted molar refractivity (Wildman–Crippen MR) is 60.7 cm³/mol.